The highest BCUT2D eigenvalue weighted by Crippen LogP contribution is 2.46. The van der Waals surface area contributed by atoms with Gasteiger partial charge in [-0.25, -0.2) is 12.8 Å². The molecule has 1 aromatic heterocycles. The first-order valence-electron chi connectivity index (χ1n) is 9.84. The van der Waals surface area contributed by atoms with Crippen molar-refractivity contribution in [1.82, 2.24) is 4.57 Å². The number of aromatic nitrogens is 1. The first kappa shape index (κ1) is 19.6. The van der Waals surface area contributed by atoms with Crippen LogP contribution in [0.15, 0.2) is 41.3 Å². The van der Waals surface area contributed by atoms with Crippen molar-refractivity contribution in [2.24, 2.45) is 0 Å². The van der Waals surface area contributed by atoms with Gasteiger partial charge in [0, 0.05) is 11.1 Å². The van der Waals surface area contributed by atoms with Crippen molar-refractivity contribution in [2.75, 3.05) is 5.75 Å². The topological polar surface area (TPSA) is 39.1 Å². The highest BCUT2D eigenvalue weighted by Gasteiger charge is 2.39. The normalized spacial score (nSPS) is 22.8. The zero-order chi connectivity index (χ0) is 21.4. The molecule has 0 fully saturated rings. The van der Waals surface area contributed by atoms with Gasteiger partial charge in [0.25, 0.3) is 0 Å². The zero-order valence-corrected chi connectivity index (χ0v) is 16.9. The Hall–Kier alpha value is -2.35. The number of rotatable bonds is 1. The van der Waals surface area contributed by atoms with Gasteiger partial charge in [0.2, 0.25) is 0 Å². The highest BCUT2D eigenvalue weighted by atomic mass is 32.2. The Kier molecular flexibility index (Phi) is 4.13. The molecule has 0 amide bonds. The number of alkyl halides is 3. The average molecular weight is 437 g/mol. The van der Waals surface area contributed by atoms with Crippen LogP contribution >= 0.6 is 0 Å². The van der Waals surface area contributed by atoms with E-state index in [4.69, 9.17) is 0 Å². The van der Waals surface area contributed by atoms with Crippen molar-refractivity contribution >= 4 is 20.7 Å². The Morgan fingerprint density at radius 3 is 2.47 bits per heavy atom. The minimum atomic E-state index is -4.46. The van der Waals surface area contributed by atoms with Crippen molar-refractivity contribution in [3.8, 4) is 0 Å². The lowest BCUT2D eigenvalue weighted by Gasteiger charge is -2.31. The van der Waals surface area contributed by atoms with Crippen LogP contribution in [-0.4, -0.2) is 18.7 Å². The Bertz CT molecular complexity index is 1270. The molecule has 5 rings (SSSR count). The highest BCUT2D eigenvalue weighted by molar-refractivity contribution is 7.91. The second-order valence-corrected chi connectivity index (χ2v) is 10.2. The number of nitrogens with zero attached hydrogens (tertiary/aromatic N) is 1. The van der Waals surface area contributed by atoms with Crippen LogP contribution in [0, 0.1) is 5.82 Å². The van der Waals surface area contributed by atoms with E-state index in [0.29, 0.717) is 16.5 Å². The molecule has 158 valence electrons. The lowest BCUT2D eigenvalue weighted by molar-refractivity contribution is -0.137. The Morgan fingerprint density at radius 2 is 1.80 bits per heavy atom. The van der Waals surface area contributed by atoms with Crippen LogP contribution in [0.3, 0.4) is 0 Å². The summed E-state index contributed by atoms with van der Waals surface area (Å²) >= 11 is 0. The van der Waals surface area contributed by atoms with Gasteiger partial charge < -0.3 is 4.57 Å². The van der Waals surface area contributed by atoms with Crippen molar-refractivity contribution in [3.63, 3.8) is 0 Å². The number of benzene rings is 2. The molecule has 30 heavy (non-hydrogen) atoms. The number of hydrogen-bond donors (Lipinski definition) is 0. The number of sulfone groups is 1. The molecule has 1 unspecified atom stereocenters. The summed E-state index contributed by atoms with van der Waals surface area (Å²) in [5.41, 5.74) is 2.13. The Morgan fingerprint density at radius 1 is 1.10 bits per heavy atom. The van der Waals surface area contributed by atoms with Gasteiger partial charge in [-0.3, -0.25) is 0 Å². The predicted octanol–water partition coefficient (Wildman–Crippen LogP) is 5.62. The van der Waals surface area contributed by atoms with Gasteiger partial charge in [-0.2, -0.15) is 13.2 Å². The van der Waals surface area contributed by atoms with E-state index in [2.05, 4.69) is 6.92 Å². The number of aryl methyl sites for hydroxylation is 1. The van der Waals surface area contributed by atoms with Gasteiger partial charge >= 0.3 is 6.18 Å². The molecular formula is C22H19F4NO2S. The SMILES string of the molecule is CC1CCCc2c1n1c3c(cc(F)cc23)S(=O)(=O)C[C@H]1c1ccc(C(F)(F)F)cc1. The molecule has 0 saturated carbocycles. The van der Waals surface area contributed by atoms with Crippen LogP contribution < -0.4 is 0 Å². The van der Waals surface area contributed by atoms with Crippen LogP contribution in [0.2, 0.25) is 0 Å². The minimum Gasteiger partial charge on any atom is -0.334 e. The van der Waals surface area contributed by atoms with Gasteiger partial charge in [-0.05, 0) is 60.6 Å². The summed E-state index contributed by atoms with van der Waals surface area (Å²) in [4.78, 5) is -0.0257. The minimum absolute atomic E-state index is 0.0257. The van der Waals surface area contributed by atoms with Gasteiger partial charge in [0.05, 0.1) is 27.8 Å². The smallest absolute Gasteiger partial charge is 0.334 e. The first-order chi connectivity index (χ1) is 14.1. The summed E-state index contributed by atoms with van der Waals surface area (Å²) in [7, 11) is -3.81. The molecule has 3 nitrogen and oxygen atoms in total. The summed E-state index contributed by atoms with van der Waals surface area (Å²) in [5.74, 6) is -0.750. The summed E-state index contributed by atoms with van der Waals surface area (Å²) in [5, 5.41) is 0.603. The fourth-order valence-electron chi connectivity index (χ4n) is 5.05. The molecule has 2 heterocycles. The van der Waals surface area contributed by atoms with Crippen LogP contribution in [0.1, 0.15) is 54.1 Å². The average Bonchev–Trinajstić information content (AvgIpc) is 3.00. The molecule has 0 radical (unpaired) electrons. The largest absolute Gasteiger partial charge is 0.416 e. The molecule has 0 N–H and O–H groups in total. The van der Waals surface area contributed by atoms with Crippen molar-refractivity contribution in [3.05, 3.63) is 64.6 Å². The van der Waals surface area contributed by atoms with E-state index in [1.165, 1.54) is 18.2 Å². The maximum atomic E-state index is 14.3. The van der Waals surface area contributed by atoms with Crippen molar-refractivity contribution < 1.29 is 26.0 Å². The quantitative estimate of drug-likeness (QED) is 0.464. The fourth-order valence-corrected chi connectivity index (χ4v) is 6.78. The van der Waals surface area contributed by atoms with Gasteiger partial charge in [0.15, 0.2) is 9.84 Å². The lowest BCUT2D eigenvalue weighted by Crippen LogP contribution is -2.29. The summed E-state index contributed by atoms with van der Waals surface area (Å²) in [6.07, 6.45) is -1.88. The number of hydrogen-bond acceptors (Lipinski definition) is 2. The van der Waals surface area contributed by atoms with Crippen LogP contribution in [-0.2, 0) is 22.4 Å². The van der Waals surface area contributed by atoms with Gasteiger partial charge in [0.1, 0.15) is 5.82 Å². The summed E-state index contributed by atoms with van der Waals surface area (Å²) < 4.78 is 81.4. The molecule has 1 aliphatic carbocycles. The number of fused-ring (bicyclic) bond motifs is 3. The Labute approximate surface area is 171 Å². The standard InChI is InChI=1S/C22H19F4NO2S/c1-12-3-2-4-16-17-9-15(23)10-19-21(17)27(20(12)16)18(11-30(19,28)29)13-5-7-14(8-6-13)22(24,25)26/h5-10,12,18H,2-4,11H2,1H3/t12?,18-/m0/s1. The molecule has 1 aliphatic heterocycles. The third-order valence-corrected chi connectivity index (χ3v) is 8.09. The fraction of sp³-hybridized carbons (Fsp3) is 0.364. The predicted molar refractivity (Wildman–Crippen MR) is 105 cm³/mol. The third kappa shape index (κ3) is 2.80. The second-order valence-electron chi connectivity index (χ2n) is 8.24. The molecule has 3 aromatic rings. The number of halogens is 4. The molecule has 2 aliphatic rings. The van der Waals surface area contributed by atoms with E-state index >= 15 is 0 Å². The van der Waals surface area contributed by atoms with E-state index in [9.17, 15) is 26.0 Å². The molecule has 0 bridgehead atoms. The van der Waals surface area contributed by atoms with E-state index in [0.717, 1.165) is 48.7 Å². The van der Waals surface area contributed by atoms with Crippen molar-refractivity contribution in [2.45, 2.75) is 49.2 Å². The molecular weight excluding hydrogens is 418 g/mol. The summed E-state index contributed by atoms with van der Waals surface area (Å²) in [6.45, 7) is 2.06. The second kappa shape index (κ2) is 6.33. The van der Waals surface area contributed by atoms with Crippen LogP contribution in [0.4, 0.5) is 17.6 Å². The maximum Gasteiger partial charge on any atom is 0.416 e. The van der Waals surface area contributed by atoms with E-state index in [1.807, 2.05) is 4.57 Å². The molecule has 0 spiro atoms. The lowest BCUT2D eigenvalue weighted by atomic mass is 9.87. The molecule has 2 atom stereocenters. The van der Waals surface area contributed by atoms with Gasteiger partial charge in [-0.1, -0.05) is 19.1 Å². The first-order valence-corrected chi connectivity index (χ1v) is 11.5. The summed E-state index contributed by atoms with van der Waals surface area (Å²) in [6, 6.07) is 6.47. The van der Waals surface area contributed by atoms with Crippen LogP contribution in [0.25, 0.3) is 10.9 Å². The molecule has 0 saturated heterocycles. The third-order valence-electron chi connectivity index (χ3n) is 6.35. The Balaban J connectivity index is 1.81. The zero-order valence-electron chi connectivity index (χ0n) is 16.1. The van der Waals surface area contributed by atoms with Gasteiger partial charge in [-0.15, -0.1) is 0 Å². The maximum absolute atomic E-state index is 14.3. The van der Waals surface area contributed by atoms with Crippen LogP contribution in [0.5, 0.6) is 0 Å². The monoisotopic (exact) mass is 437 g/mol. The molecule has 2 aromatic carbocycles. The van der Waals surface area contributed by atoms with E-state index in [1.54, 1.807) is 0 Å². The van der Waals surface area contributed by atoms with E-state index < -0.39 is 33.4 Å². The van der Waals surface area contributed by atoms with E-state index in [-0.39, 0.29) is 16.6 Å². The van der Waals surface area contributed by atoms with Crippen molar-refractivity contribution in [1.29, 1.82) is 0 Å². The molecule has 8 heteroatoms.